The molecule has 0 bridgehead atoms. The molecule has 1 saturated carbocycles. The third kappa shape index (κ3) is 4.70. The van der Waals surface area contributed by atoms with Crippen LogP contribution in [-0.4, -0.2) is 41.3 Å². The second-order valence-electron chi connectivity index (χ2n) is 8.97. The summed E-state index contributed by atoms with van der Waals surface area (Å²) in [6, 6.07) is 5.08. The molecule has 1 saturated heterocycles. The van der Waals surface area contributed by atoms with Gasteiger partial charge in [0.1, 0.15) is 18.0 Å². The molecule has 2 heterocycles. The lowest BCUT2D eigenvalue weighted by atomic mass is 10.1. The number of aromatic nitrogens is 1. The number of carbonyl (C=O) groups excluding carboxylic acids is 3. The summed E-state index contributed by atoms with van der Waals surface area (Å²) in [4.78, 5) is 42.7. The lowest BCUT2D eigenvalue weighted by Gasteiger charge is -2.22. The van der Waals surface area contributed by atoms with E-state index < -0.39 is 17.8 Å². The van der Waals surface area contributed by atoms with E-state index in [9.17, 15) is 14.4 Å². The molecule has 1 atom stereocenters. The first kappa shape index (κ1) is 20.9. The molecule has 0 radical (unpaired) electrons. The Kier molecular flexibility index (Phi) is 5.20. The Hall–Kier alpha value is -3.36. The summed E-state index contributed by atoms with van der Waals surface area (Å²) in [5.41, 5.74) is 0.351. The second kappa shape index (κ2) is 7.72. The largest absolute Gasteiger partial charge is 0.447 e. The number of benzene rings is 1. The lowest BCUT2D eigenvalue weighted by molar-refractivity contribution is -0.117. The van der Waals surface area contributed by atoms with Crippen LogP contribution in [0.25, 0.3) is 10.8 Å². The van der Waals surface area contributed by atoms with Gasteiger partial charge in [-0.05, 0) is 64.1 Å². The average molecular weight is 426 g/mol. The highest BCUT2D eigenvalue weighted by Crippen LogP contribution is 2.35. The van der Waals surface area contributed by atoms with Crippen molar-refractivity contribution in [2.75, 3.05) is 22.1 Å². The Bertz CT molecular complexity index is 1060. The lowest BCUT2D eigenvalue weighted by Crippen LogP contribution is -2.31. The fourth-order valence-corrected chi connectivity index (χ4v) is 3.42. The van der Waals surface area contributed by atoms with Gasteiger partial charge >= 0.3 is 12.2 Å². The van der Waals surface area contributed by atoms with Gasteiger partial charge in [0.15, 0.2) is 0 Å². The van der Waals surface area contributed by atoms with Crippen LogP contribution in [0.5, 0.6) is 0 Å². The first-order chi connectivity index (χ1) is 14.6. The van der Waals surface area contributed by atoms with Gasteiger partial charge in [0.05, 0.1) is 17.4 Å². The molecule has 9 nitrogen and oxygen atoms in total. The molecule has 1 aliphatic carbocycles. The number of cyclic esters (lactones) is 1. The summed E-state index contributed by atoms with van der Waals surface area (Å²) in [5.74, 6) is 0.419. The molecule has 1 aromatic carbocycles. The van der Waals surface area contributed by atoms with Gasteiger partial charge in [0.2, 0.25) is 5.91 Å². The van der Waals surface area contributed by atoms with Gasteiger partial charge in [-0.15, -0.1) is 0 Å². The molecule has 1 unspecified atom stereocenters. The molecule has 2 aromatic rings. The smallest absolute Gasteiger partial charge is 0.414 e. The van der Waals surface area contributed by atoms with Gasteiger partial charge in [0.25, 0.3) is 0 Å². The van der Waals surface area contributed by atoms with Crippen molar-refractivity contribution in [3.8, 4) is 0 Å². The molecule has 164 valence electrons. The maximum Gasteiger partial charge on any atom is 0.414 e. The number of nitrogens with one attached hydrogen (secondary N) is 2. The maximum atomic E-state index is 12.4. The molecule has 31 heavy (non-hydrogen) atoms. The highest BCUT2D eigenvalue weighted by Gasteiger charge is 2.32. The summed E-state index contributed by atoms with van der Waals surface area (Å²) in [6.07, 6.45) is 2.30. The standard InChI is InChI=1S/C22H26N4O5/c1-12-11-30-21(29)26(12)15-7-14-8-18(25-19(27)13-5-6-13)23-10-16(14)17(9-15)24-20(28)31-22(2,3)4/h7-10,12-13H,5-6,11H2,1-4H3,(H,24,28)(H,23,25,27). The van der Waals surface area contributed by atoms with Crippen LogP contribution >= 0.6 is 0 Å². The number of hydrogen-bond donors (Lipinski definition) is 2. The van der Waals surface area contributed by atoms with Crippen LogP contribution in [0.2, 0.25) is 0 Å². The Labute approximate surface area is 180 Å². The van der Waals surface area contributed by atoms with Crippen LogP contribution in [0.3, 0.4) is 0 Å². The van der Waals surface area contributed by atoms with Crippen molar-refractivity contribution in [3.05, 3.63) is 24.4 Å². The van der Waals surface area contributed by atoms with E-state index in [1.165, 1.54) is 4.90 Å². The normalized spacial score (nSPS) is 18.6. The van der Waals surface area contributed by atoms with Crippen molar-refractivity contribution in [3.63, 3.8) is 0 Å². The van der Waals surface area contributed by atoms with Crippen molar-refractivity contribution in [2.45, 2.75) is 52.2 Å². The summed E-state index contributed by atoms with van der Waals surface area (Å²) in [6.45, 7) is 7.49. The van der Waals surface area contributed by atoms with E-state index >= 15 is 0 Å². The van der Waals surface area contributed by atoms with Crippen molar-refractivity contribution in [1.82, 2.24) is 4.98 Å². The molecule has 1 aromatic heterocycles. The minimum absolute atomic E-state index is 0.0492. The van der Waals surface area contributed by atoms with Gasteiger partial charge in [-0.1, -0.05) is 0 Å². The number of anilines is 3. The van der Waals surface area contributed by atoms with Crippen LogP contribution in [0.15, 0.2) is 24.4 Å². The summed E-state index contributed by atoms with van der Waals surface area (Å²) >= 11 is 0. The molecule has 2 N–H and O–H groups in total. The third-order valence-electron chi connectivity index (χ3n) is 5.02. The zero-order valence-corrected chi connectivity index (χ0v) is 18.0. The number of hydrogen-bond acceptors (Lipinski definition) is 6. The van der Waals surface area contributed by atoms with Gasteiger partial charge in [-0.2, -0.15) is 0 Å². The third-order valence-corrected chi connectivity index (χ3v) is 5.02. The predicted octanol–water partition coefficient (Wildman–Crippen LogP) is 4.28. The van der Waals surface area contributed by atoms with E-state index in [2.05, 4.69) is 15.6 Å². The van der Waals surface area contributed by atoms with Gasteiger partial charge in [-0.25, -0.2) is 14.6 Å². The zero-order chi connectivity index (χ0) is 22.3. The van der Waals surface area contributed by atoms with E-state index in [-0.39, 0.29) is 24.5 Å². The Morgan fingerprint density at radius 2 is 1.94 bits per heavy atom. The van der Waals surface area contributed by atoms with Crippen molar-refractivity contribution < 1.29 is 23.9 Å². The molecule has 3 amide bonds. The molecular weight excluding hydrogens is 400 g/mol. The first-order valence-electron chi connectivity index (χ1n) is 10.3. The number of fused-ring (bicyclic) bond motifs is 1. The molecule has 4 rings (SSSR count). The van der Waals surface area contributed by atoms with E-state index in [1.807, 2.05) is 13.0 Å². The number of carbonyl (C=O) groups is 3. The SMILES string of the molecule is CC1COC(=O)N1c1cc(NC(=O)OC(C)(C)C)c2cnc(NC(=O)C3CC3)cc2c1. The van der Waals surface area contributed by atoms with Gasteiger partial charge < -0.3 is 14.8 Å². The van der Waals surface area contributed by atoms with Gasteiger partial charge in [0, 0.05) is 17.5 Å². The second-order valence-corrected chi connectivity index (χ2v) is 8.97. The van der Waals surface area contributed by atoms with Crippen molar-refractivity contribution in [2.24, 2.45) is 5.92 Å². The van der Waals surface area contributed by atoms with E-state index in [1.54, 1.807) is 39.1 Å². The summed E-state index contributed by atoms with van der Waals surface area (Å²) < 4.78 is 10.5. The van der Waals surface area contributed by atoms with Crippen LogP contribution in [0.1, 0.15) is 40.5 Å². The number of pyridine rings is 1. The van der Waals surface area contributed by atoms with Gasteiger partial charge in [-0.3, -0.25) is 15.0 Å². The number of nitrogens with zero attached hydrogens (tertiary/aromatic N) is 2. The Morgan fingerprint density at radius 1 is 1.19 bits per heavy atom. The van der Waals surface area contributed by atoms with Crippen LogP contribution in [-0.2, 0) is 14.3 Å². The fraction of sp³-hybridized carbons (Fsp3) is 0.455. The first-order valence-corrected chi connectivity index (χ1v) is 10.3. The van der Waals surface area contributed by atoms with Crippen LogP contribution in [0.4, 0.5) is 26.8 Å². The van der Waals surface area contributed by atoms with Crippen LogP contribution in [0, 0.1) is 5.92 Å². The van der Waals surface area contributed by atoms with E-state index in [4.69, 9.17) is 9.47 Å². The quantitative estimate of drug-likeness (QED) is 0.755. The number of rotatable bonds is 4. The molecule has 2 aliphatic rings. The summed E-state index contributed by atoms with van der Waals surface area (Å²) in [7, 11) is 0. The number of ether oxygens (including phenoxy) is 2. The van der Waals surface area contributed by atoms with Crippen molar-refractivity contribution in [1.29, 1.82) is 0 Å². The topological polar surface area (TPSA) is 110 Å². The highest BCUT2D eigenvalue weighted by atomic mass is 16.6. The molecular formula is C22H26N4O5. The Balaban J connectivity index is 1.73. The van der Waals surface area contributed by atoms with Crippen molar-refractivity contribution >= 4 is 46.1 Å². The zero-order valence-electron chi connectivity index (χ0n) is 18.0. The highest BCUT2D eigenvalue weighted by molar-refractivity contribution is 6.05. The van der Waals surface area contributed by atoms with E-state index in [0.717, 1.165) is 12.8 Å². The fourth-order valence-electron chi connectivity index (χ4n) is 3.42. The molecule has 0 spiro atoms. The molecule has 2 fully saturated rings. The Morgan fingerprint density at radius 3 is 2.55 bits per heavy atom. The summed E-state index contributed by atoms with van der Waals surface area (Å²) in [5, 5.41) is 6.94. The molecule has 1 aliphatic heterocycles. The monoisotopic (exact) mass is 426 g/mol. The van der Waals surface area contributed by atoms with E-state index in [0.29, 0.717) is 28.0 Å². The predicted molar refractivity (Wildman–Crippen MR) is 116 cm³/mol. The average Bonchev–Trinajstić information content (AvgIpc) is 3.45. The maximum absolute atomic E-state index is 12.4. The molecule has 9 heteroatoms. The minimum Gasteiger partial charge on any atom is -0.447 e. The minimum atomic E-state index is -0.663. The van der Waals surface area contributed by atoms with Crippen LogP contribution < -0.4 is 15.5 Å². The number of amides is 3.